The van der Waals surface area contributed by atoms with Crippen molar-refractivity contribution in [3.8, 4) is 5.75 Å². The second-order valence-electron chi connectivity index (χ2n) is 2.03. The van der Waals surface area contributed by atoms with Crippen LogP contribution in [-0.4, -0.2) is 11.2 Å². The van der Waals surface area contributed by atoms with Gasteiger partial charge in [0.25, 0.3) is 0 Å². The van der Waals surface area contributed by atoms with Crippen LogP contribution in [0.15, 0.2) is 29.2 Å². The Kier molecular flexibility index (Phi) is 3.26. The van der Waals surface area contributed by atoms with Gasteiger partial charge in [-0.3, -0.25) is 0 Å². The van der Waals surface area contributed by atoms with E-state index in [-0.39, 0.29) is 0 Å². The summed E-state index contributed by atoms with van der Waals surface area (Å²) in [5, 5.41) is 0. The molecule has 2 nitrogen and oxygen atoms in total. The fourth-order valence-corrected chi connectivity index (χ4v) is 1.06. The molecule has 0 amide bonds. The van der Waals surface area contributed by atoms with Gasteiger partial charge in [0, 0.05) is 0 Å². The van der Waals surface area contributed by atoms with E-state index >= 15 is 0 Å². The monoisotopic (exact) mass is 171 g/mol. The first kappa shape index (κ1) is 8.43. The van der Waals surface area contributed by atoms with E-state index in [1.807, 2.05) is 31.2 Å². The maximum absolute atomic E-state index is 8.69. The second kappa shape index (κ2) is 4.26. The number of rotatable bonds is 3. The lowest BCUT2D eigenvalue weighted by Crippen LogP contribution is -1.90. The van der Waals surface area contributed by atoms with Crippen molar-refractivity contribution in [2.24, 2.45) is 0 Å². The van der Waals surface area contributed by atoms with Gasteiger partial charge < -0.3 is 4.74 Å². The minimum atomic E-state index is 0.306. The van der Waals surface area contributed by atoms with Crippen molar-refractivity contribution >= 4 is 12.0 Å². The smallest absolute Gasteiger partial charge is 0.187 e. The van der Waals surface area contributed by atoms with Crippen LogP contribution >= 0.6 is 0 Å². The third-order valence-corrected chi connectivity index (χ3v) is 1.79. The fraction of sp³-hybridized carbons (Fsp3) is 0.250. The van der Waals surface area contributed by atoms with Crippen LogP contribution in [0.2, 0.25) is 0 Å². The van der Waals surface area contributed by atoms with Gasteiger partial charge in [0.05, 0.1) is 6.61 Å². The van der Waals surface area contributed by atoms with Crippen LogP contribution in [-0.2, 0) is 12.0 Å². The predicted octanol–water partition coefficient (Wildman–Crippen LogP) is 1.73. The summed E-state index contributed by atoms with van der Waals surface area (Å²) in [6, 6.07) is 7.38. The van der Waals surface area contributed by atoms with Crippen LogP contribution in [0.5, 0.6) is 5.75 Å². The fourth-order valence-electron chi connectivity index (χ4n) is 0.776. The molecule has 0 saturated carbocycles. The number of hydrogen-bond acceptors (Lipinski definition) is 2. The largest absolute Gasteiger partial charge is 0.494 e. The summed E-state index contributed by atoms with van der Waals surface area (Å²) in [5.41, 5.74) is 0. The molecule has 0 atom stereocenters. The van der Waals surface area contributed by atoms with Gasteiger partial charge in [-0.2, -0.15) is 4.55 Å². The highest BCUT2D eigenvalue weighted by atomic mass is 32.2. The van der Waals surface area contributed by atoms with E-state index in [1.54, 1.807) is 0 Å². The predicted molar refractivity (Wildman–Crippen MR) is 47.3 cm³/mol. The molecule has 60 valence electrons. The Bertz CT molecular complexity index is 208. The van der Waals surface area contributed by atoms with E-state index in [9.17, 15) is 0 Å². The van der Waals surface area contributed by atoms with Crippen molar-refractivity contribution in [1.82, 2.24) is 0 Å². The lowest BCUT2D eigenvalue weighted by Gasteiger charge is -1.99. The maximum Gasteiger partial charge on any atom is 0.187 e. The summed E-state index contributed by atoms with van der Waals surface area (Å²) in [4.78, 5) is 0.883. The molecule has 0 bridgehead atoms. The third kappa shape index (κ3) is 2.44. The van der Waals surface area contributed by atoms with Crippen molar-refractivity contribution < 1.29 is 9.29 Å². The summed E-state index contributed by atoms with van der Waals surface area (Å²) >= 11 is 0.306. The number of benzene rings is 1. The minimum Gasteiger partial charge on any atom is -0.494 e. The van der Waals surface area contributed by atoms with Gasteiger partial charge in [-0.05, 0) is 31.2 Å². The average molecular weight is 171 g/mol. The van der Waals surface area contributed by atoms with E-state index < -0.39 is 0 Å². The van der Waals surface area contributed by atoms with Gasteiger partial charge >= 0.3 is 0 Å². The molecule has 0 aliphatic rings. The molecular weight excluding hydrogens is 160 g/mol. The van der Waals surface area contributed by atoms with E-state index in [0.717, 1.165) is 10.6 Å². The zero-order valence-corrected chi connectivity index (χ0v) is 7.21. The quantitative estimate of drug-likeness (QED) is 0.554. The molecule has 0 radical (unpaired) electrons. The van der Waals surface area contributed by atoms with E-state index in [2.05, 4.69) is 0 Å². The van der Waals surface area contributed by atoms with Gasteiger partial charge in [-0.25, -0.2) is 0 Å². The molecule has 11 heavy (non-hydrogen) atoms. The van der Waals surface area contributed by atoms with Crippen molar-refractivity contribution in [3.63, 3.8) is 0 Å². The average Bonchev–Trinajstić information content (AvgIpc) is 2.07. The van der Waals surface area contributed by atoms with Gasteiger partial charge in [0.1, 0.15) is 5.75 Å². The van der Waals surface area contributed by atoms with Crippen molar-refractivity contribution in [2.75, 3.05) is 6.61 Å². The highest BCUT2D eigenvalue weighted by molar-refractivity contribution is 7.72. The van der Waals surface area contributed by atoms with Crippen LogP contribution in [0.25, 0.3) is 0 Å². The van der Waals surface area contributed by atoms with Crippen molar-refractivity contribution in [2.45, 2.75) is 11.8 Å². The topological polar surface area (TPSA) is 29.5 Å². The van der Waals surface area contributed by atoms with Gasteiger partial charge in [-0.1, -0.05) is 0 Å². The Hall–Kier alpha value is -0.670. The molecule has 1 N–H and O–H groups in total. The molecule has 0 aliphatic carbocycles. The van der Waals surface area contributed by atoms with Crippen LogP contribution in [0.1, 0.15) is 6.92 Å². The Morgan fingerprint density at radius 2 is 2.00 bits per heavy atom. The summed E-state index contributed by atoms with van der Waals surface area (Å²) in [7, 11) is 0. The molecule has 0 aliphatic heterocycles. The number of ether oxygens (including phenoxy) is 1. The molecule has 0 aromatic heterocycles. The first-order valence-corrected chi connectivity index (χ1v) is 4.29. The molecule has 0 saturated heterocycles. The zero-order chi connectivity index (χ0) is 8.10. The zero-order valence-electron chi connectivity index (χ0n) is 6.32. The molecule has 0 fully saturated rings. The minimum absolute atomic E-state index is 0.306. The molecule has 1 rings (SSSR count). The lowest BCUT2D eigenvalue weighted by molar-refractivity contribution is 0.340. The summed E-state index contributed by atoms with van der Waals surface area (Å²) in [6.45, 7) is 2.62. The van der Waals surface area contributed by atoms with Gasteiger partial charge in [-0.15, -0.1) is 0 Å². The van der Waals surface area contributed by atoms with E-state index in [0.29, 0.717) is 18.6 Å². The van der Waals surface area contributed by atoms with Crippen molar-refractivity contribution in [3.05, 3.63) is 24.3 Å². The lowest BCUT2D eigenvalue weighted by atomic mass is 10.3. The van der Waals surface area contributed by atoms with E-state index in [1.165, 1.54) is 0 Å². The standard InChI is InChI=1S/C8H10O2S/c1-2-10-7-3-5-8(11-9)6-4-7/h3-6,9H,2H2,1H3/p+1. The highest BCUT2D eigenvalue weighted by Gasteiger charge is 1.98. The molecular formula is C8H11O2S+. The van der Waals surface area contributed by atoms with Gasteiger partial charge in [0.15, 0.2) is 16.9 Å². The normalized spacial score (nSPS) is 9.64. The molecule has 3 heteroatoms. The van der Waals surface area contributed by atoms with Crippen LogP contribution in [0.4, 0.5) is 0 Å². The maximum atomic E-state index is 8.69. The van der Waals surface area contributed by atoms with Crippen LogP contribution in [0.3, 0.4) is 0 Å². The number of thiol groups is 1. The third-order valence-electron chi connectivity index (χ3n) is 1.26. The van der Waals surface area contributed by atoms with Gasteiger partial charge in [0.2, 0.25) is 0 Å². The molecule has 0 heterocycles. The number of hydrogen-bond donors (Lipinski definition) is 1. The first-order valence-electron chi connectivity index (χ1n) is 3.44. The molecule has 1 aromatic rings. The SMILES string of the molecule is CCOc1ccc([SH+]O)cc1. The van der Waals surface area contributed by atoms with E-state index in [4.69, 9.17) is 9.29 Å². The van der Waals surface area contributed by atoms with Crippen LogP contribution in [0, 0.1) is 0 Å². The summed E-state index contributed by atoms with van der Waals surface area (Å²) in [6.07, 6.45) is 0. The molecule has 1 aromatic carbocycles. The molecule has 0 spiro atoms. The Balaban J connectivity index is 2.66. The van der Waals surface area contributed by atoms with Crippen LogP contribution < -0.4 is 4.74 Å². The van der Waals surface area contributed by atoms with Crippen molar-refractivity contribution in [1.29, 1.82) is 0 Å². The summed E-state index contributed by atoms with van der Waals surface area (Å²) < 4.78 is 13.9. The molecule has 0 unspecified atom stereocenters. The second-order valence-corrected chi connectivity index (χ2v) is 2.74. The Morgan fingerprint density at radius 3 is 2.45 bits per heavy atom. The highest BCUT2D eigenvalue weighted by Crippen LogP contribution is 2.12. The summed E-state index contributed by atoms with van der Waals surface area (Å²) in [5.74, 6) is 0.847. The Morgan fingerprint density at radius 1 is 1.36 bits per heavy atom. The Labute approximate surface area is 70.4 Å². The first-order chi connectivity index (χ1) is 5.36.